The fourth-order valence-electron chi connectivity index (χ4n) is 1.37. The van der Waals surface area contributed by atoms with Crippen LogP contribution < -0.4 is 5.32 Å². The number of hydrogen-bond acceptors (Lipinski definition) is 1. The molecule has 0 unspecified atom stereocenters. The molecule has 0 radical (unpaired) electrons. The summed E-state index contributed by atoms with van der Waals surface area (Å²) in [5.41, 5.74) is 0.697. The van der Waals surface area contributed by atoms with Crippen molar-refractivity contribution in [2.45, 2.75) is 39.2 Å². The van der Waals surface area contributed by atoms with Gasteiger partial charge >= 0.3 is 0 Å². The fourth-order valence-corrected chi connectivity index (χ4v) is 1.37. The highest BCUT2D eigenvalue weighted by Crippen LogP contribution is 2.45. The largest absolute Gasteiger partial charge is 0.313 e. The summed E-state index contributed by atoms with van der Waals surface area (Å²) < 4.78 is 0. The highest BCUT2D eigenvalue weighted by Gasteiger charge is 2.40. The number of nitrogens with one attached hydrogen (secondary N) is 1. The number of hydrogen-bond donors (Lipinski definition) is 1. The molecule has 0 aliphatic heterocycles. The third kappa shape index (κ3) is 1.34. The molecule has 1 heteroatoms. The zero-order chi connectivity index (χ0) is 7.19. The molecule has 2 fully saturated rings. The van der Waals surface area contributed by atoms with Crippen LogP contribution in [0, 0.1) is 11.3 Å². The average Bonchev–Trinajstić information content (AvgIpc) is 2.71. The van der Waals surface area contributed by atoms with Crippen LogP contribution >= 0.6 is 0 Å². The standard InChI is InChI=1S/C9H17N/c1-7-5-8(7)10-6-9(2)3-4-9/h7-8,10H,3-6H2,1-2H3/t7-,8-/m1/s1. The molecule has 0 aromatic rings. The van der Waals surface area contributed by atoms with Gasteiger partial charge in [0.05, 0.1) is 0 Å². The number of rotatable bonds is 3. The van der Waals surface area contributed by atoms with Gasteiger partial charge in [-0.1, -0.05) is 13.8 Å². The molecule has 0 spiro atoms. The predicted octanol–water partition coefficient (Wildman–Crippen LogP) is 1.78. The second-order valence-corrected chi connectivity index (χ2v) is 4.51. The van der Waals surface area contributed by atoms with E-state index < -0.39 is 0 Å². The van der Waals surface area contributed by atoms with Crippen LogP contribution in [-0.4, -0.2) is 12.6 Å². The maximum absolute atomic E-state index is 3.61. The van der Waals surface area contributed by atoms with Crippen molar-refractivity contribution in [2.24, 2.45) is 11.3 Å². The minimum Gasteiger partial charge on any atom is -0.313 e. The summed E-state index contributed by atoms with van der Waals surface area (Å²) in [5.74, 6) is 0.961. The molecule has 0 saturated heterocycles. The van der Waals surface area contributed by atoms with E-state index in [9.17, 15) is 0 Å². The van der Waals surface area contributed by atoms with Gasteiger partial charge in [0, 0.05) is 12.6 Å². The maximum Gasteiger partial charge on any atom is 0.00966 e. The lowest BCUT2D eigenvalue weighted by atomic mass is 10.1. The summed E-state index contributed by atoms with van der Waals surface area (Å²) in [6.45, 7) is 5.97. The maximum atomic E-state index is 3.61. The van der Waals surface area contributed by atoms with Crippen LogP contribution in [0.15, 0.2) is 0 Å². The van der Waals surface area contributed by atoms with Gasteiger partial charge in [0.15, 0.2) is 0 Å². The molecule has 0 amide bonds. The average molecular weight is 139 g/mol. The van der Waals surface area contributed by atoms with E-state index in [0.29, 0.717) is 5.41 Å². The molecule has 0 bridgehead atoms. The first-order valence-corrected chi connectivity index (χ1v) is 4.43. The predicted molar refractivity (Wildman–Crippen MR) is 42.9 cm³/mol. The lowest BCUT2D eigenvalue weighted by Crippen LogP contribution is -2.24. The quantitative estimate of drug-likeness (QED) is 0.628. The first-order valence-electron chi connectivity index (χ1n) is 4.43. The second kappa shape index (κ2) is 1.97. The Morgan fingerprint density at radius 3 is 2.50 bits per heavy atom. The van der Waals surface area contributed by atoms with E-state index in [4.69, 9.17) is 0 Å². The van der Waals surface area contributed by atoms with Gasteiger partial charge in [-0.2, -0.15) is 0 Å². The monoisotopic (exact) mass is 139 g/mol. The Hall–Kier alpha value is -0.0400. The van der Waals surface area contributed by atoms with Crippen LogP contribution in [0.5, 0.6) is 0 Å². The first kappa shape index (κ1) is 6.66. The summed E-state index contributed by atoms with van der Waals surface area (Å²) in [5, 5.41) is 3.61. The van der Waals surface area contributed by atoms with Crippen LogP contribution in [0.2, 0.25) is 0 Å². The molecule has 2 atom stereocenters. The molecule has 2 aliphatic carbocycles. The van der Waals surface area contributed by atoms with E-state index in [2.05, 4.69) is 19.2 Å². The van der Waals surface area contributed by atoms with E-state index in [1.165, 1.54) is 25.8 Å². The van der Waals surface area contributed by atoms with Crippen LogP contribution in [0.3, 0.4) is 0 Å². The zero-order valence-corrected chi connectivity index (χ0v) is 6.98. The Labute approximate surface area is 63.2 Å². The molecular weight excluding hydrogens is 122 g/mol. The van der Waals surface area contributed by atoms with Gasteiger partial charge in [0.1, 0.15) is 0 Å². The van der Waals surface area contributed by atoms with Gasteiger partial charge in [-0.25, -0.2) is 0 Å². The Bertz CT molecular complexity index is 138. The zero-order valence-electron chi connectivity index (χ0n) is 6.98. The van der Waals surface area contributed by atoms with Crippen molar-refractivity contribution in [2.75, 3.05) is 6.54 Å². The molecule has 2 saturated carbocycles. The molecule has 58 valence electrons. The van der Waals surface area contributed by atoms with Crippen molar-refractivity contribution in [3.8, 4) is 0 Å². The van der Waals surface area contributed by atoms with Crippen molar-refractivity contribution in [1.82, 2.24) is 5.32 Å². The topological polar surface area (TPSA) is 12.0 Å². The highest BCUT2D eigenvalue weighted by atomic mass is 15.0. The van der Waals surface area contributed by atoms with E-state index in [0.717, 1.165) is 12.0 Å². The Morgan fingerprint density at radius 1 is 1.50 bits per heavy atom. The normalized spacial score (nSPS) is 41.4. The van der Waals surface area contributed by atoms with Crippen LogP contribution in [0.25, 0.3) is 0 Å². The third-order valence-corrected chi connectivity index (χ3v) is 3.00. The lowest BCUT2D eigenvalue weighted by molar-refractivity contribution is 0.489. The Kier molecular flexibility index (Phi) is 1.31. The summed E-state index contributed by atoms with van der Waals surface area (Å²) in [6, 6.07) is 0.873. The van der Waals surface area contributed by atoms with Crippen molar-refractivity contribution in [3.05, 3.63) is 0 Å². The fraction of sp³-hybridized carbons (Fsp3) is 1.00. The molecule has 10 heavy (non-hydrogen) atoms. The third-order valence-electron chi connectivity index (χ3n) is 3.00. The highest BCUT2D eigenvalue weighted by molar-refractivity contribution is 4.96. The van der Waals surface area contributed by atoms with Gasteiger partial charge in [0.25, 0.3) is 0 Å². The smallest absolute Gasteiger partial charge is 0.00966 e. The molecule has 1 N–H and O–H groups in total. The summed E-state index contributed by atoms with van der Waals surface area (Å²) in [4.78, 5) is 0. The van der Waals surface area contributed by atoms with E-state index >= 15 is 0 Å². The summed E-state index contributed by atoms with van der Waals surface area (Å²) >= 11 is 0. The van der Waals surface area contributed by atoms with Crippen LogP contribution in [0.1, 0.15) is 33.1 Å². The van der Waals surface area contributed by atoms with Gasteiger partial charge in [-0.15, -0.1) is 0 Å². The molecule has 1 nitrogen and oxygen atoms in total. The molecule has 2 rings (SSSR count). The molecular formula is C9H17N. The minimum absolute atomic E-state index is 0.697. The van der Waals surface area contributed by atoms with E-state index in [-0.39, 0.29) is 0 Å². The van der Waals surface area contributed by atoms with Gasteiger partial charge in [0.2, 0.25) is 0 Å². The SMILES string of the molecule is C[C@@H]1C[C@H]1NCC1(C)CC1. The first-order chi connectivity index (χ1) is 4.70. The Morgan fingerprint density at radius 2 is 2.10 bits per heavy atom. The molecule has 0 heterocycles. The van der Waals surface area contributed by atoms with Gasteiger partial charge in [-0.05, 0) is 30.6 Å². The summed E-state index contributed by atoms with van der Waals surface area (Å²) in [6.07, 6.45) is 4.30. The molecule has 0 aromatic carbocycles. The molecule has 0 aromatic heterocycles. The lowest BCUT2D eigenvalue weighted by Gasteiger charge is -2.08. The van der Waals surface area contributed by atoms with Crippen LogP contribution in [-0.2, 0) is 0 Å². The van der Waals surface area contributed by atoms with Gasteiger partial charge in [-0.3, -0.25) is 0 Å². The minimum atomic E-state index is 0.697. The van der Waals surface area contributed by atoms with E-state index in [1.54, 1.807) is 0 Å². The van der Waals surface area contributed by atoms with Crippen molar-refractivity contribution in [3.63, 3.8) is 0 Å². The van der Waals surface area contributed by atoms with Crippen molar-refractivity contribution < 1.29 is 0 Å². The van der Waals surface area contributed by atoms with Gasteiger partial charge < -0.3 is 5.32 Å². The van der Waals surface area contributed by atoms with Crippen molar-refractivity contribution in [1.29, 1.82) is 0 Å². The van der Waals surface area contributed by atoms with Crippen molar-refractivity contribution >= 4 is 0 Å². The Balaban J connectivity index is 1.64. The second-order valence-electron chi connectivity index (χ2n) is 4.51. The van der Waals surface area contributed by atoms with Crippen LogP contribution in [0.4, 0.5) is 0 Å². The van der Waals surface area contributed by atoms with E-state index in [1.807, 2.05) is 0 Å². The summed E-state index contributed by atoms with van der Waals surface area (Å²) in [7, 11) is 0. The molecule has 2 aliphatic rings.